The average molecular weight is 1040 g/mol. The molecule has 0 saturated heterocycles. The van der Waals surface area contributed by atoms with Crippen molar-refractivity contribution in [2.75, 3.05) is 59.3 Å². The Bertz CT molecular complexity index is 736. The number of hydrogen-bond donors (Lipinski definition) is 0. The molecule has 0 N–H and O–H groups in total. The van der Waals surface area contributed by atoms with Gasteiger partial charge in [0, 0.05) is 45.0 Å². The van der Waals surface area contributed by atoms with Crippen LogP contribution < -0.4 is 0 Å². The van der Waals surface area contributed by atoms with E-state index in [1.807, 2.05) is 0 Å². The summed E-state index contributed by atoms with van der Waals surface area (Å²) in [7, 11) is -1.08. The van der Waals surface area contributed by atoms with E-state index in [0.717, 1.165) is 64.3 Å². The summed E-state index contributed by atoms with van der Waals surface area (Å²) in [4.78, 5) is 2.33. The predicted molar refractivity (Wildman–Crippen MR) is 222 cm³/mol. The Labute approximate surface area is 379 Å². The van der Waals surface area contributed by atoms with Crippen molar-refractivity contribution in [3.8, 4) is 6.07 Å². The van der Waals surface area contributed by atoms with Gasteiger partial charge in [0.15, 0.2) is 0 Å². The van der Waals surface area contributed by atoms with E-state index < -0.39 is 8.53 Å². The van der Waals surface area contributed by atoms with E-state index in [1.165, 1.54) is 116 Å². The van der Waals surface area contributed by atoms with Gasteiger partial charge in [-0.25, -0.2) is 4.67 Å². The molecule has 4 saturated carbocycles. The van der Waals surface area contributed by atoms with Crippen molar-refractivity contribution in [2.45, 2.75) is 168 Å². The average Bonchev–Trinajstić information content (AvgIpc) is 3.99. The standard InChI is InChI=1S/C22H40NO2.C12H24N2O2P.2C5H9.2Fe.W/c1-2-23(15-19-24-17-7-13-21-9-3-4-10-21)16-20-25-18-8-14-22-11-5-6-12-22;1-6-9-15-17(16-10-7-8-13)14(11(2)3)12(4)5;2*1-2-4-5-3-1;;;/h3,11,21-22H,1-2,4-10,12-20H2;11-12H,1,6-7,9-10H2,2-5H3;2*1H,2-5H2;;;/q-3;3*-1;3*+2. The van der Waals surface area contributed by atoms with Crippen molar-refractivity contribution >= 4 is 8.53 Å². The van der Waals surface area contributed by atoms with Crippen molar-refractivity contribution < 1.29 is 73.7 Å². The van der Waals surface area contributed by atoms with Crippen LogP contribution in [-0.4, -0.2) is 80.9 Å². The monoisotopic (exact) mass is 1040 g/mol. The summed E-state index contributed by atoms with van der Waals surface area (Å²) < 4.78 is 25.2. The molecule has 0 aromatic rings. The first-order valence-corrected chi connectivity index (χ1v) is 22.5. The van der Waals surface area contributed by atoms with E-state index in [1.54, 1.807) is 0 Å². The van der Waals surface area contributed by atoms with Gasteiger partial charge < -0.3 is 63.0 Å². The molecular formula is C44H82Fe2N3O4PW. The maximum atomic E-state index is 8.52. The minimum Gasteiger partial charge on any atom is -0.380 e. The minimum atomic E-state index is -1.08. The van der Waals surface area contributed by atoms with Gasteiger partial charge in [-0.05, 0) is 40.5 Å². The topological polar surface area (TPSA) is 67.2 Å². The zero-order chi connectivity index (χ0) is 37.9. The first-order valence-electron chi connectivity index (χ1n) is 21.4. The van der Waals surface area contributed by atoms with Crippen LogP contribution in [0.2, 0.25) is 0 Å². The van der Waals surface area contributed by atoms with Gasteiger partial charge in [-0.1, -0.05) is 63.7 Å². The van der Waals surface area contributed by atoms with Crippen molar-refractivity contribution in [3.63, 3.8) is 0 Å². The minimum absolute atomic E-state index is 0. The molecule has 0 aromatic heterocycles. The number of rotatable bonds is 24. The molecule has 4 rings (SSSR count). The van der Waals surface area contributed by atoms with Crippen LogP contribution >= 0.6 is 8.53 Å². The predicted octanol–water partition coefficient (Wildman–Crippen LogP) is 11.7. The molecule has 0 aliphatic heterocycles. The summed E-state index contributed by atoms with van der Waals surface area (Å²) in [5.74, 6) is 1.80. The molecule has 4 aliphatic rings. The van der Waals surface area contributed by atoms with Gasteiger partial charge in [0.2, 0.25) is 0 Å². The number of nitriles is 1. The zero-order valence-electron chi connectivity index (χ0n) is 35.6. The second-order valence-electron chi connectivity index (χ2n) is 15.1. The summed E-state index contributed by atoms with van der Waals surface area (Å²) in [5.41, 5.74) is 0. The van der Waals surface area contributed by atoms with Gasteiger partial charge in [0.1, 0.15) is 0 Å². The number of nitrogens with zero attached hydrogens (tertiary/aromatic N) is 3. The van der Waals surface area contributed by atoms with Crippen LogP contribution in [0.3, 0.4) is 0 Å². The molecule has 4 fully saturated rings. The molecule has 0 heterocycles. The van der Waals surface area contributed by atoms with Crippen molar-refractivity contribution in [2.24, 2.45) is 11.8 Å². The van der Waals surface area contributed by atoms with Crippen LogP contribution in [0.25, 0.3) is 0 Å². The number of ether oxygens (including phenoxy) is 2. The Hall–Kier alpha value is 1.41. The fourth-order valence-corrected chi connectivity index (χ4v) is 8.58. The molecule has 55 heavy (non-hydrogen) atoms. The van der Waals surface area contributed by atoms with Crippen molar-refractivity contribution in [1.82, 2.24) is 9.57 Å². The van der Waals surface area contributed by atoms with Gasteiger partial charge in [-0.3, -0.25) is 0 Å². The van der Waals surface area contributed by atoms with Crippen molar-refractivity contribution in [1.29, 1.82) is 5.26 Å². The Kier molecular flexibility index (Phi) is 49.6. The maximum Gasteiger partial charge on any atom is 2.00 e. The van der Waals surface area contributed by atoms with Crippen LogP contribution in [0.5, 0.6) is 0 Å². The van der Waals surface area contributed by atoms with Gasteiger partial charge in [0.25, 0.3) is 8.53 Å². The molecular weight excluding hydrogens is 961 g/mol. The van der Waals surface area contributed by atoms with E-state index in [-0.39, 0.29) is 55.2 Å². The smallest absolute Gasteiger partial charge is 0.380 e. The van der Waals surface area contributed by atoms with E-state index in [4.69, 9.17) is 23.8 Å². The maximum absolute atomic E-state index is 8.52. The first-order chi connectivity index (χ1) is 25.4. The quantitative estimate of drug-likeness (QED) is 0.0413. The van der Waals surface area contributed by atoms with Crippen LogP contribution in [0, 0.1) is 62.7 Å². The van der Waals surface area contributed by atoms with Crippen molar-refractivity contribution in [3.05, 3.63) is 39.5 Å². The summed E-state index contributed by atoms with van der Waals surface area (Å²) in [6.45, 7) is 23.5. The molecule has 0 bridgehead atoms. The SMILES string of the molecule is [CH-]1CCCC1.[CH-]1CCCC1.[CH2-]CCOP(OCCC#N)N(C(C)C)C(C)C.[CH2-]CN(CCOCCCC1[CH-]CCC1)CCOCCCC1C[CH-]CC1.[Fe+2].[Fe+2].[W+2]. The van der Waals surface area contributed by atoms with E-state index in [9.17, 15) is 0 Å². The fourth-order valence-electron chi connectivity index (χ4n) is 6.95. The second-order valence-corrected chi connectivity index (χ2v) is 16.6. The van der Waals surface area contributed by atoms with Gasteiger partial charge in [0.05, 0.1) is 32.3 Å². The van der Waals surface area contributed by atoms with Crippen LogP contribution in [0.15, 0.2) is 0 Å². The third-order valence-electron chi connectivity index (χ3n) is 9.88. The molecule has 7 nitrogen and oxygen atoms in total. The molecule has 0 radical (unpaired) electrons. The Morgan fingerprint density at radius 3 is 1.69 bits per heavy atom. The Morgan fingerprint density at radius 2 is 1.27 bits per heavy atom. The van der Waals surface area contributed by atoms with Gasteiger partial charge in [-0.2, -0.15) is 62.5 Å². The first kappa shape index (κ1) is 60.7. The summed E-state index contributed by atoms with van der Waals surface area (Å²) in [5, 5.41) is 8.52. The van der Waals surface area contributed by atoms with E-state index in [0.29, 0.717) is 31.7 Å². The van der Waals surface area contributed by atoms with Crippen LogP contribution in [-0.2, 0) is 73.7 Å². The molecule has 11 heteroatoms. The molecule has 0 aromatic carbocycles. The Morgan fingerprint density at radius 1 is 0.709 bits per heavy atom. The molecule has 0 spiro atoms. The molecule has 0 amide bonds. The summed E-state index contributed by atoms with van der Waals surface area (Å²) in [6, 6.07) is 2.78. The molecule has 3 unspecified atom stereocenters. The van der Waals surface area contributed by atoms with Crippen LogP contribution in [0.1, 0.15) is 156 Å². The normalized spacial score (nSPS) is 19.3. The van der Waals surface area contributed by atoms with E-state index >= 15 is 0 Å². The van der Waals surface area contributed by atoms with E-state index in [2.05, 4.69) is 82.9 Å². The fraction of sp³-hybridized carbons (Fsp3) is 0.841. The summed E-state index contributed by atoms with van der Waals surface area (Å²) >= 11 is 0. The molecule has 3 atom stereocenters. The second kappa shape index (κ2) is 44.9. The molecule has 324 valence electrons. The van der Waals surface area contributed by atoms with Gasteiger partial charge in [-0.15, -0.1) is 6.54 Å². The zero-order valence-corrected chi connectivity index (χ0v) is 41.6. The third-order valence-corrected chi connectivity index (χ3v) is 12.0. The van der Waals surface area contributed by atoms with Gasteiger partial charge >= 0.3 is 55.2 Å². The third kappa shape index (κ3) is 35.8. The largest absolute Gasteiger partial charge is 2.00 e. The number of hydrogen-bond acceptors (Lipinski definition) is 7. The Balaban J connectivity index is -0.000000774. The summed E-state index contributed by atoms with van der Waals surface area (Å²) in [6.07, 6.45) is 35.3. The van der Waals surface area contributed by atoms with Crippen LogP contribution in [0.4, 0.5) is 0 Å². The molecule has 4 aliphatic carbocycles.